The number of carbonyl (C=O) groups excluding carboxylic acids is 1. The van der Waals surface area contributed by atoms with E-state index in [0.29, 0.717) is 6.54 Å². The van der Waals surface area contributed by atoms with Gasteiger partial charge in [0.1, 0.15) is 0 Å². The Morgan fingerprint density at radius 3 is 2.62 bits per heavy atom. The summed E-state index contributed by atoms with van der Waals surface area (Å²) in [7, 11) is 1.87. The molecule has 2 aliphatic heterocycles. The third-order valence-corrected chi connectivity index (χ3v) is 5.14. The maximum atomic E-state index is 13.1. The van der Waals surface area contributed by atoms with Crippen LogP contribution >= 0.6 is 0 Å². The lowest BCUT2D eigenvalue weighted by Crippen LogP contribution is -2.48. The van der Waals surface area contributed by atoms with E-state index in [1.165, 1.54) is 0 Å². The first-order valence-electron chi connectivity index (χ1n) is 8.42. The molecule has 2 aromatic heterocycles. The fourth-order valence-electron chi connectivity index (χ4n) is 3.84. The zero-order chi connectivity index (χ0) is 16.7. The molecule has 1 atom stereocenters. The summed E-state index contributed by atoms with van der Waals surface area (Å²) in [5.41, 5.74) is 1.62. The van der Waals surface area contributed by atoms with Crippen molar-refractivity contribution in [3.05, 3.63) is 30.4 Å². The molecule has 0 radical (unpaired) electrons. The Hall–Kier alpha value is -2.44. The van der Waals surface area contributed by atoms with Gasteiger partial charge in [0, 0.05) is 45.3 Å². The number of carbonyl (C=O) groups is 1. The van der Waals surface area contributed by atoms with Crippen LogP contribution in [0, 0.1) is 12.3 Å². The van der Waals surface area contributed by atoms with Crippen LogP contribution in [0.3, 0.4) is 0 Å². The number of amides is 1. The first-order valence-corrected chi connectivity index (χ1v) is 8.42. The monoisotopic (exact) mass is 326 g/mol. The first-order chi connectivity index (χ1) is 11.6. The molecule has 24 heavy (non-hydrogen) atoms. The largest absolute Gasteiger partial charge is 0.340 e. The fourth-order valence-corrected chi connectivity index (χ4v) is 3.84. The lowest BCUT2D eigenvalue weighted by Gasteiger charge is -2.38. The fraction of sp³-hybridized carbons (Fsp3) is 0.529. The zero-order valence-corrected chi connectivity index (χ0v) is 14.1. The molecule has 0 N–H and O–H groups in total. The van der Waals surface area contributed by atoms with E-state index in [-0.39, 0.29) is 11.3 Å². The van der Waals surface area contributed by atoms with Crippen LogP contribution in [0.15, 0.2) is 24.8 Å². The first kappa shape index (κ1) is 15.1. The molecular formula is C17H22N6O. The molecule has 126 valence electrons. The number of hydrogen-bond donors (Lipinski definition) is 0. The molecule has 0 saturated carbocycles. The lowest BCUT2D eigenvalue weighted by atomic mass is 9.78. The molecule has 2 aliphatic rings. The van der Waals surface area contributed by atoms with Crippen LogP contribution in [0.4, 0.5) is 11.6 Å². The Labute approximate surface area is 141 Å². The van der Waals surface area contributed by atoms with Gasteiger partial charge in [-0.2, -0.15) is 5.10 Å². The number of nitrogens with zero attached hydrogens (tertiary/aromatic N) is 6. The van der Waals surface area contributed by atoms with Gasteiger partial charge in [-0.25, -0.2) is 9.97 Å². The Morgan fingerprint density at radius 2 is 1.92 bits per heavy atom. The van der Waals surface area contributed by atoms with Crippen LogP contribution in [0.1, 0.15) is 24.8 Å². The molecule has 0 aromatic carbocycles. The zero-order valence-electron chi connectivity index (χ0n) is 14.1. The Kier molecular flexibility index (Phi) is 3.51. The lowest BCUT2D eigenvalue weighted by molar-refractivity contribution is -0.126. The van der Waals surface area contributed by atoms with E-state index < -0.39 is 0 Å². The van der Waals surface area contributed by atoms with Crippen LogP contribution in [0.25, 0.3) is 0 Å². The van der Waals surface area contributed by atoms with Crippen molar-refractivity contribution >= 4 is 17.5 Å². The summed E-state index contributed by atoms with van der Waals surface area (Å²) >= 11 is 0. The van der Waals surface area contributed by atoms with E-state index in [1.54, 1.807) is 10.9 Å². The molecule has 7 heteroatoms. The van der Waals surface area contributed by atoms with Crippen molar-refractivity contribution in [1.29, 1.82) is 0 Å². The van der Waals surface area contributed by atoms with Gasteiger partial charge in [0.05, 0.1) is 17.3 Å². The minimum absolute atomic E-state index is 0.215. The highest BCUT2D eigenvalue weighted by Crippen LogP contribution is 2.42. The number of piperidine rings is 1. The van der Waals surface area contributed by atoms with Crippen LogP contribution in [0.5, 0.6) is 0 Å². The summed E-state index contributed by atoms with van der Waals surface area (Å²) < 4.78 is 1.74. The average molecular weight is 326 g/mol. The van der Waals surface area contributed by atoms with Gasteiger partial charge in [0.15, 0.2) is 0 Å². The summed E-state index contributed by atoms with van der Waals surface area (Å²) in [4.78, 5) is 26.1. The molecule has 1 amide bonds. The standard InChI is InChI=1S/C17H22N6O/c1-13-8-18-16(19-9-13)22-6-3-4-17(12-22)5-7-23(15(17)24)14-10-20-21(2)11-14/h8-11H,3-7,12H2,1-2H3/t17-/m1/s1. The molecule has 2 saturated heterocycles. The number of rotatable bonds is 2. The second kappa shape index (κ2) is 5.58. The molecule has 2 aromatic rings. The molecule has 7 nitrogen and oxygen atoms in total. The average Bonchev–Trinajstić information content (AvgIpc) is 3.13. The second-order valence-corrected chi connectivity index (χ2v) is 6.94. The SMILES string of the molecule is Cc1cnc(N2CCC[C@@]3(CCN(c4cnn(C)c4)C3=O)C2)nc1. The summed E-state index contributed by atoms with van der Waals surface area (Å²) in [5, 5.41) is 4.19. The van der Waals surface area contributed by atoms with Crippen molar-refractivity contribution in [2.75, 3.05) is 29.4 Å². The third kappa shape index (κ3) is 2.44. The Balaban J connectivity index is 1.56. The number of aryl methyl sites for hydroxylation is 2. The molecule has 4 rings (SSSR count). The Morgan fingerprint density at radius 1 is 1.12 bits per heavy atom. The summed E-state index contributed by atoms with van der Waals surface area (Å²) in [5.74, 6) is 0.944. The van der Waals surface area contributed by atoms with Crippen molar-refractivity contribution < 1.29 is 4.79 Å². The van der Waals surface area contributed by atoms with Crippen molar-refractivity contribution in [1.82, 2.24) is 19.7 Å². The van der Waals surface area contributed by atoms with Crippen LogP contribution in [-0.2, 0) is 11.8 Å². The number of hydrogen-bond acceptors (Lipinski definition) is 5. The topological polar surface area (TPSA) is 67.2 Å². The van der Waals surface area contributed by atoms with Crippen LogP contribution in [-0.4, -0.2) is 45.3 Å². The van der Waals surface area contributed by atoms with Gasteiger partial charge in [0.2, 0.25) is 11.9 Å². The van der Waals surface area contributed by atoms with Gasteiger partial charge in [-0.1, -0.05) is 0 Å². The van der Waals surface area contributed by atoms with Crippen molar-refractivity contribution in [2.45, 2.75) is 26.2 Å². The molecular weight excluding hydrogens is 304 g/mol. The number of aromatic nitrogens is 4. The van der Waals surface area contributed by atoms with Gasteiger partial charge in [0.25, 0.3) is 0 Å². The highest BCUT2D eigenvalue weighted by Gasteiger charge is 2.49. The van der Waals surface area contributed by atoms with E-state index in [4.69, 9.17) is 0 Å². The van der Waals surface area contributed by atoms with E-state index in [1.807, 2.05) is 37.5 Å². The molecule has 1 spiro atoms. The van der Waals surface area contributed by atoms with Gasteiger partial charge in [-0.05, 0) is 31.7 Å². The molecule has 0 unspecified atom stereocenters. The molecule has 0 bridgehead atoms. The van der Waals surface area contributed by atoms with Crippen LogP contribution in [0.2, 0.25) is 0 Å². The molecule has 0 aliphatic carbocycles. The highest BCUT2D eigenvalue weighted by molar-refractivity contribution is 6.00. The van der Waals surface area contributed by atoms with Gasteiger partial charge >= 0.3 is 0 Å². The summed E-state index contributed by atoms with van der Waals surface area (Å²) in [6.07, 6.45) is 10.1. The van der Waals surface area contributed by atoms with Crippen LogP contribution < -0.4 is 9.80 Å². The van der Waals surface area contributed by atoms with Crippen molar-refractivity contribution in [3.63, 3.8) is 0 Å². The predicted octanol–water partition coefficient (Wildman–Crippen LogP) is 1.54. The number of anilines is 2. The maximum Gasteiger partial charge on any atom is 0.235 e. The Bertz CT molecular complexity index is 755. The predicted molar refractivity (Wildman–Crippen MR) is 90.8 cm³/mol. The normalized spacial score (nSPS) is 24.2. The molecule has 4 heterocycles. The third-order valence-electron chi connectivity index (χ3n) is 5.14. The molecule has 2 fully saturated rings. The maximum absolute atomic E-state index is 13.1. The second-order valence-electron chi connectivity index (χ2n) is 6.94. The van der Waals surface area contributed by atoms with Gasteiger partial charge in [-0.15, -0.1) is 0 Å². The minimum atomic E-state index is -0.317. The van der Waals surface area contributed by atoms with Crippen molar-refractivity contribution in [3.8, 4) is 0 Å². The summed E-state index contributed by atoms with van der Waals surface area (Å²) in [6, 6.07) is 0. The quantitative estimate of drug-likeness (QED) is 0.837. The van der Waals surface area contributed by atoms with E-state index in [0.717, 1.165) is 49.6 Å². The summed E-state index contributed by atoms with van der Waals surface area (Å²) in [6.45, 7) is 4.34. The highest BCUT2D eigenvalue weighted by atomic mass is 16.2. The minimum Gasteiger partial charge on any atom is -0.340 e. The van der Waals surface area contributed by atoms with E-state index in [9.17, 15) is 4.79 Å². The van der Waals surface area contributed by atoms with Gasteiger partial charge < -0.3 is 9.80 Å². The van der Waals surface area contributed by atoms with Crippen molar-refractivity contribution in [2.24, 2.45) is 12.5 Å². The smallest absolute Gasteiger partial charge is 0.235 e. The van der Waals surface area contributed by atoms with Gasteiger partial charge in [-0.3, -0.25) is 9.48 Å². The van der Waals surface area contributed by atoms with E-state index in [2.05, 4.69) is 20.0 Å². The van der Waals surface area contributed by atoms with E-state index >= 15 is 0 Å².